The van der Waals surface area contributed by atoms with Gasteiger partial charge in [0.25, 0.3) is 0 Å². The third-order valence-electron chi connectivity index (χ3n) is 3.67. The molecular formula is C19H28O2. The van der Waals surface area contributed by atoms with Crippen LogP contribution in [-0.2, 0) is 10.8 Å². The summed E-state index contributed by atoms with van der Waals surface area (Å²) in [6.45, 7) is 14.6. The van der Waals surface area contributed by atoms with Gasteiger partial charge < -0.3 is 0 Å². The minimum Gasteiger partial charge on any atom is -0.298 e. The van der Waals surface area contributed by atoms with Crippen molar-refractivity contribution in [2.24, 2.45) is 0 Å². The Kier molecular flexibility index (Phi) is 5.14. The van der Waals surface area contributed by atoms with E-state index < -0.39 is 0 Å². The molecule has 21 heavy (non-hydrogen) atoms. The summed E-state index contributed by atoms with van der Waals surface area (Å²) < 4.78 is 0. The molecule has 0 saturated heterocycles. The first-order valence-electron chi connectivity index (χ1n) is 7.69. The van der Waals surface area contributed by atoms with Crippen LogP contribution in [0.2, 0.25) is 0 Å². The van der Waals surface area contributed by atoms with Gasteiger partial charge in [-0.15, -0.1) is 0 Å². The number of benzene rings is 1. The second-order valence-electron chi connectivity index (χ2n) is 7.78. The number of rotatable bonds is 4. The third-order valence-corrected chi connectivity index (χ3v) is 3.67. The van der Waals surface area contributed by atoms with Gasteiger partial charge in [0.2, 0.25) is 0 Å². The maximum atomic E-state index is 12.7. The summed E-state index contributed by atoms with van der Waals surface area (Å²) in [5.74, 6) is 0.185. The predicted octanol–water partition coefficient (Wildman–Crippen LogP) is 5.08. The van der Waals surface area contributed by atoms with Gasteiger partial charge in [-0.3, -0.25) is 9.59 Å². The van der Waals surface area contributed by atoms with Gasteiger partial charge in [-0.05, 0) is 40.5 Å². The van der Waals surface area contributed by atoms with Crippen LogP contribution in [-0.4, -0.2) is 12.1 Å². The van der Waals surface area contributed by atoms with Crippen molar-refractivity contribution in [1.29, 1.82) is 0 Å². The van der Waals surface area contributed by atoms with Crippen molar-refractivity contribution in [3.05, 3.63) is 34.4 Å². The Morgan fingerprint density at radius 3 is 1.71 bits per heavy atom. The topological polar surface area (TPSA) is 34.1 Å². The SMILES string of the molecule is CCCC(=O)c1c(C(C)(C)C)cc(C=O)cc1C(C)(C)C. The summed E-state index contributed by atoms with van der Waals surface area (Å²) in [6.07, 6.45) is 2.26. The van der Waals surface area contributed by atoms with Gasteiger partial charge in [0.05, 0.1) is 0 Å². The van der Waals surface area contributed by atoms with Gasteiger partial charge in [0.1, 0.15) is 6.29 Å². The monoisotopic (exact) mass is 288 g/mol. The maximum absolute atomic E-state index is 12.7. The molecule has 0 aliphatic heterocycles. The fourth-order valence-corrected chi connectivity index (χ4v) is 2.57. The summed E-state index contributed by atoms with van der Waals surface area (Å²) in [5, 5.41) is 0. The lowest BCUT2D eigenvalue weighted by atomic mass is 9.74. The first-order chi connectivity index (χ1) is 9.52. The van der Waals surface area contributed by atoms with E-state index >= 15 is 0 Å². The highest BCUT2D eigenvalue weighted by Crippen LogP contribution is 2.35. The molecule has 1 rings (SSSR count). The summed E-state index contributed by atoms with van der Waals surface area (Å²) in [5.41, 5.74) is 3.10. The van der Waals surface area contributed by atoms with Gasteiger partial charge in [-0.2, -0.15) is 0 Å². The Morgan fingerprint density at radius 2 is 1.43 bits per heavy atom. The first-order valence-corrected chi connectivity index (χ1v) is 7.69. The lowest BCUT2D eigenvalue weighted by Crippen LogP contribution is -2.24. The molecule has 116 valence electrons. The molecule has 0 aromatic heterocycles. The zero-order valence-corrected chi connectivity index (χ0v) is 14.5. The third kappa shape index (κ3) is 4.03. The van der Waals surface area contributed by atoms with Crippen LogP contribution in [0, 0.1) is 0 Å². The number of hydrogen-bond donors (Lipinski definition) is 0. The van der Waals surface area contributed by atoms with E-state index in [-0.39, 0.29) is 16.6 Å². The van der Waals surface area contributed by atoms with Crippen LogP contribution in [0.4, 0.5) is 0 Å². The molecule has 0 aliphatic rings. The van der Waals surface area contributed by atoms with E-state index in [1.165, 1.54) is 0 Å². The highest BCUT2D eigenvalue weighted by atomic mass is 16.1. The van der Waals surface area contributed by atoms with Crippen molar-refractivity contribution in [2.45, 2.75) is 72.1 Å². The summed E-state index contributed by atoms with van der Waals surface area (Å²) in [6, 6.07) is 3.76. The van der Waals surface area contributed by atoms with Gasteiger partial charge in [0.15, 0.2) is 5.78 Å². The molecule has 0 heterocycles. The second-order valence-corrected chi connectivity index (χ2v) is 7.78. The molecule has 1 aromatic rings. The standard InChI is InChI=1S/C19H28O2/c1-8-9-16(21)17-14(18(2,3)4)10-13(12-20)11-15(17)19(5,6)7/h10-12H,8-9H2,1-7H3. The number of carbonyl (C=O) groups is 2. The molecule has 0 amide bonds. The lowest BCUT2D eigenvalue weighted by molar-refractivity contribution is 0.0976. The van der Waals surface area contributed by atoms with Crippen LogP contribution in [0.1, 0.15) is 93.2 Å². The summed E-state index contributed by atoms with van der Waals surface area (Å²) in [4.78, 5) is 24.0. The number of carbonyl (C=O) groups excluding carboxylic acids is 2. The first kappa shape index (κ1) is 17.6. The Hall–Kier alpha value is -1.44. The molecule has 1 aromatic carbocycles. The number of aldehydes is 1. The molecule has 0 fully saturated rings. The molecule has 0 aliphatic carbocycles. The summed E-state index contributed by atoms with van der Waals surface area (Å²) >= 11 is 0. The Balaban J connectivity index is 3.76. The largest absolute Gasteiger partial charge is 0.298 e. The highest BCUT2D eigenvalue weighted by molar-refractivity contribution is 6.00. The number of ketones is 1. The molecule has 0 N–H and O–H groups in total. The van der Waals surface area contributed by atoms with Crippen LogP contribution in [0.5, 0.6) is 0 Å². The highest BCUT2D eigenvalue weighted by Gasteiger charge is 2.29. The van der Waals surface area contributed by atoms with Crippen LogP contribution >= 0.6 is 0 Å². The molecular weight excluding hydrogens is 260 g/mol. The Morgan fingerprint density at radius 1 is 1.00 bits per heavy atom. The quantitative estimate of drug-likeness (QED) is 0.572. The van der Waals surface area contributed by atoms with E-state index in [9.17, 15) is 9.59 Å². The van der Waals surface area contributed by atoms with Gasteiger partial charge >= 0.3 is 0 Å². The van der Waals surface area contributed by atoms with E-state index in [0.717, 1.165) is 29.4 Å². The van der Waals surface area contributed by atoms with Gasteiger partial charge in [0, 0.05) is 17.5 Å². The van der Waals surface area contributed by atoms with E-state index in [4.69, 9.17) is 0 Å². The minimum atomic E-state index is -0.169. The average Bonchev–Trinajstić information content (AvgIpc) is 2.35. The maximum Gasteiger partial charge on any atom is 0.163 e. The van der Waals surface area contributed by atoms with Crippen LogP contribution in [0.25, 0.3) is 0 Å². The number of hydrogen-bond acceptors (Lipinski definition) is 2. The molecule has 0 radical (unpaired) electrons. The predicted molar refractivity (Wildman–Crippen MR) is 88.5 cm³/mol. The fraction of sp³-hybridized carbons (Fsp3) is 0.579. The van der Waals surface area contributed by atoms with Crippen molar-refractivity contribution in [2.75, 3.05) is 0 Å². The second kappa shape index (κ2) is 6.13. The van der Waals surface area contributed by atoms with Crippen molar-refractivity contribution in [3.8, 4) is 0 Å². The van der Waals surface area contributed by atoms with Crippen molar-refractivity contribution < 1.29 is 9.59 Å². The molecule has 0 spiro atoms. The van der Waals surface area contributed by atoms with Crippen LogP contribution in [0.15, 0.2) is 12.1 Å². The molecule has 0 bridgehead atoms. The number of Topliss-reactive ketones (excluding diaryl/α,β-unsaturated/α-hetero) is 1. The van der Waals surface area contributed by atoms with E-state index in [0.29, 0.717) is 12.0 Å². The Labute approximate surface area is 128 Å². The van der Waals surface area contributed by atoms with Gasteiger partial charge in [-0.25, -0.2) is 0 Å². The van der Waals surface area contributed by atoms with Crippen LogP contribution in [0.3, 0.4) is 0 Å². The molecule has 2 nitrogen and oxygen atoms in total. The van der Waals surface area contributed by atoms with Crippen molar-refractivity contribution >= 4 is 12.1 Å². The van der Waals surface area contributed by atoms with Gasteiger partial charge in [-0.1, -0.05) is 48.5 Å². The Bertz CT molecular complexity index is 505. The molecule has 0 unspecified atom stereocenters. The average molecular weight is 288 g/mol. The van der Waals surface area contributed by atoms with Crippen molar-refractivity contribution in [3.63, 3.8) is 0 Å². The van der Waals surface area contributed by atoms with Crippen LogP contribution < -0.4 is 0 Å². The smallest absolute Gasteiger partial charge is 0.163 e. The van der Waals surface area contributed by atoms with E-state index in [1.807, 2.05) is 19.1 Å². The molecule has 0 saturated carbocycles. The lowest BCUT2D eigenvalue weighted by Gasteiger charge is -2.30. The van der Waals surface area contributed by atoms with Crippen molar-refractivity contribution in [1.82, 2.24) is 0 Å². The minimum absolute atomic E-state index is 0.169. The molecule has 0 atom stereocenters. The molecule has 2 heteroatoms. The zero-order valence-electron chi connectivity index (χ0n) is 14.5. The van der Waals surface area contributed by atoms with E-state index in [1.54, 1.807) is 0 Å². The normalized spacial score (nSPS) is 12.3. The summed E-state index contributed by atoms with van der Waals surface area (Å²) in [7, 11) is 0. The fourth-order valence-electron chi connectivity index (χ4n) is 2.57. The van der Waals surface area contributed by atoms with E-state index in [2.05, 4.69) is 41.5 Å². The zero-order chi connectivity index (χ0) is 16.4.